The summed E-state index contributed by atoms with van der Waals surface area (Å²) in [5.41, 5.74) is 10.1. The topological polar surface area (TPSA) is 54.7 Å². The van der Waals surface area contributed by atoms with Gasteiger partial charge in [-0.1, -0.05) is 23.7 Å². The van der Waals surface area contributed by atoms with Crippen LogP contribution in [-0.2, 0) is 0 Å². The van der Waals surface area contributed by atoms with Crippen LogP contribution in [0.15, 0.2) is 35.7 Å². The van der Waals surface area contributed by atoms with Crippen LogP contribution >= 0.6 is 22.9 Å². The molecule has 0 atom stereocenters. The van der Waals surface area contributed by atoms with Crippen LogP contribution in [0.5, 0.6) is 0 Å². The molecule has 0 saturated heterocycles. The second-order valence-corrected chi connectivity index (χ2v) is 5.65. The monoisotopic (exact) mass is 289 g/mol. The van der Waals surface area contributed by atoms with Gasteiger partial charge in [-0.05, 0) is 41.6 Å². The zero-order valence-corrected chi connectivity index (χ0v) is 11.8. The van der Waals surface area contributed by atoms with E-state index in [4.69, 9.17) is 17.3 Å². The van der Waals surface area contributed by atoms with E-state index in [0.29, 0.717) is 10.8 Å². The number of benzene rings is 1. The number of rotatable bonds is 2. The number of aromatic amines is 1. The first-order chi connectivity index (χ1) is 9.16. The number of H-pyrrole nitrogens is 1. The maximum absolute atomic E-state index is 6.00. The van der Waals surface area contributed by atoms with Gasteiger partial charge in [0.1, 0.15) is 0 Å². The van der Waals surface area contributed by atoms with E-state index in [1.165, 1.54) is 5.56 Å². The van der Waals surface area contributed by atoms with E-state index in [1.807, 2.05) is 24.3 Å². The lowest BCUT2D eigenvalue weighted by molar-refractivity contribution is 1.10. The molecular weight excluding hydrogens is 278 g/mol. The van der Waals surface area contributed by atoms with Crippen molar-refractivity contribution >= 4 is 28.8 Å². The molecule has 0 bridgehead atoms. The third kappa shape index (κ3) is 2.13. The Morgan fingerprint density at radius 2 is 1.95 bits per heavy atom. The lowest BCUT2D eigenvalue weighted by Gasteiger charge is -2.04. The minimum absolute atomic E-state index is 0.505. The molecular formula is C14H12ClN3S. The average molecular weight is 290 g/mol. The summed E-state index contributed by atoms with van der Waals surface area (Å²) in [6, 6.07) is 9.71. The molecule has 5 heteroatoms. The van der Waals surface area contributed by atoms with Crippen LogP contribution in [0.25, 0.3) is 21.7 Å². The van der Waals surface area contributed by atoms with Gasteiger partial charge in [0.2, 0.25) is 0 Å². The molecule has 0 unspecified atom stereocenters. The number of aromatic nitrogens is 2. The lowest BCUT2D eigenvalue weighted by atomic mass is 10.0. The molecule has 0 aliphatic heterocycles. The summed E-state index contributed by atoms with van der Waals surface area (Å²) in [7, 11) is 0. The summed E-state index contributed by atoms with van der Waals surface area (Å²) < 4.78 is 0. The molecule has 2 aromatic heterocycles. The summed E-state index contributed by atoms with van der Waals surface area (Å²) in [4.78, 5) is 1.16. The fourth-order valence-corrected chi connectivity index (χ4v) is 3.11. The van der Waals surface area contributed by atoms with Gasteiger partial charge >= 0.3 is 0 Å². The van der Waals surface area contributed by atoms with Crippen LogP contribution in [0.3, 0.4) is 0 Å². The van der Waals surface area contributed by atoms with Gasteiger partial charge in [-0.25, -0.2) is 0 Å². The zero-order chi connectivity index (χ0) is 13.4. The van der Waals surface area contributed by atoms with Crippen LogP contribution in [0.4, 0.5) is 5.82 Å². The molecule has 0 fully saturated rings. The van der Waals surface area contributed by atoms with E-state index in [2.05, 4.69) is 28.6 Å². The van der Waals surface area contributed by atoms with E-state index in [1.54, 1.807) is 11.3 Å². The third-order valence-corrected chi connectivity index (χ3v) is 4.30. The summed E-state index contributed by atoms with van der Waals surface area (Å²) in [6.45, 7) is 2.08. The number of hydrogen-bond acceptors (Lipinski definition) is 3. The van der Waals surface area contributed by atoms with Crippen molar-refractivity contribution in [3.05, 3.63) is 46.3 Å². The fourth-order valence-electron chi connectivity index (χ4n) is 2.06. The van der Waals surface area contributed by atoms with Gasteiger partial charge in [0.05, 0.1) is 16.1 Å². The Hall–Kier alpha value is -1.78. The van der Waals surface area contributed by atoms with Crippen molar-refractivity contribution in [2.24, 2.45) is 0 Å². The summed E-state index contributed by atoms with van der Waals surface area (Å²) in [6.07, 6.45) is 0. The van der Waals surface area contributed by atoms with E-state index >= 15 is 0 Å². The highest BCUT2D eigenvalue weighted by Crippen LogP contribution is 2.38. The molecule has 0 aliphatic rings. The van der Waals surface area contributed by atoms with E-state index < -0.39 is 0 Å². The van der Waals surface area contributed by atoms with Gasteiger partial charge in [-0.2, -0.15) is 5.10 Å². The Morgan fingerprint density at radius 1 is 1.21 bits per heavy atom. The molecule has 3 rings (SSSR count). The van der Waals surface area contributed by atoms with Gasteiger partial charge in [0.15, 0.2) is 5.82 Å². The van der Waals surface area contributed by atoms with Crippen LogP contribution in [0.1, 0.15) is 5.56 Å². The Labute approximate surface area is 120 Å². The third-order valence-electron chi connectivity index (χ3n) is 3.02. The van der Waals surface area contributed by atoms with Gasteiger partial charge < -0.3 is 5.73 Å². The molecule has 2 heterocycles. The molecule has 3 nitrogen and oxygen atoms in total. The highest BCUT2D eigenvalue weighted by atomic mass is 35.5. The number of nitrogens with zero attached hydrogens (tertiary/aromatic N) is 1. The minimum atomic E-state index is 0.505. The molecule has 0 spiro atoms. The first-order valence-electron chi connectivity index (χ1n) is 5.81. The Bertz CT molecular complexity index is 713. The van der Waals surface area contributed by atoms with Crippen LogP contribution < -0.4 is 5.73 Å². The Morgan fingerprint density at radius 3 is 2.58 bits per heavy atom. The fraction of sp³-hybridized carbons (Fsp3) is 0.0714. The van der Waals surface area contributed by atoms with Crippen molar-refractivity contribution in [2.75, 3.05) is 5.73 Å². The highest BCUT2D eigenvalue weighted by molar-refractivity contribution is 7.13. The number of nitrogen functional groups attached to an aromatic ring is 1. The molecule has 0 amide bonds. The smallest absolute Gasteiger partial charge is 0.153 e. The number of aryl methyl sites for hydroxylation is 1. The molecule has 3 N–H and O–H groups in total. The molecule has 1 aromatic carbocycles. The lowest BCUT2D eigenvalue weighted by Crippen LogP contribution is -1.88. The number of nitrogens with one attached hydrogen (secondary N) is 1. The predicted octanol–water partition coefficient (Wildman–Crippen LogP) is 4.35. The second kappa shape index (κ2) is 4.72. The zero-order valence-electron chi connectivity index (χ0n) is 10.3. The normalized spacial score (nSPS) is 10.8. The summed E-state index contributed by atoms with van der Waals surface area (Å²) in [5, 5.41) is 9.94. The minimum Gasteiger partial charge on any atom is -0.382 e. The van der Waals surface area contributed by atoms with Gasteiger partial charge in [0, 0.05) is 5.02 Å². The SMILES string of the molecule is Cc1ccsc1-c1[nH]nc(N)c1-c1ccc(Cl)cc1. The van der Waals surface area contributed by atoms with E-state index in [9.17, 15) is 0 Å². The summed E-state index contributed by atoms with van der Waals surface area (Å²) in [5.74, 6) is 0.505. The maximum Gasteiger partial charge on any atom is 0.153 e. The molecule has 19 heavy (non-hydrogen) atoms. The number of anilines is 1. The van der Waals surface area contributed by atoms with Crippen LogP contribution in [-0.4, -0.2) is 10.2 Å². The number of halogens is 1. The largest absolute Gasteiger partial charge is 0.382 e. The van der Waals surface area contributed by atoms with Gasteiger partial charge in [-0.15, -0.1) is 11.3 Å². The molecule has 0 radical (unpaired) electrons. The quantitative estimate of drug-likeness (QED) is 0.737. The molecule has 3 aromatic rings. The van der Waals surface area contributed by atoms with E-state index in [0.717, 1.165) is 21.7 Å². The molecule has 0 saturated carbocycles. The number of nitrogens with two attached hydrogens (primary N) is 1. The van der Waals surface area contributed by atoms with Gasteiger partial charge in [-0.3, -0.25) is 5.10 Å². The van der Waals surface area contributed by atoms with Gasteiger partial charge in [0.25, 0.3) is 0 Å². The van der Waals surface area contributed by atoms with Crippen molar-refractivity contribution in [3.8, 4) is 21.7 Å². The first kappa shape index (κ1) is 12.3. The first-order valence-corrected chi connectivity index (χ1v) is 7.07. The number of thiophene rings is 1. The maximum atomic E-state index is 6.00. The number of hydrogen-bond donors (Lipinski definition) is 2. The standard InChI is InChI=1S/C14H12ClN3S/c1-8-6-7-19-13(8)12-11(14(16)18-17-12)9-2-4-10(15)5-3-9/h2-7H,1H3,(H3,16,17,18). The Kier molecular flexibility index (Phi) is 3.05. The Balaban J connectivity index is 2.19. The van der Waals surface area contributed by atoms with Crippen molar-refractivity contribution in [1.29, 1.82) is 0 Å². The van der Waals surface area contributed by atoms with E-state index in [-0.39, 0.29) is 0 Å². The molecule has 96 valence electrons. The molecule has 0 aliphatic carbocycles. The van der Waals surface area contributed by atoms with Crippen LogP contribution in [0, 0.1) is 6.92 Å². The highest BCUT2D eigenvalue weighted by Gasteiger charge is 2.16. The summed E-state index contributed by atoms with van der Waals surface area (Å²) >= 11 is 7.60. The average Bonchev–Trinajstić information content (AvgIpc) is 2.97. The van der Waals surface area contributed by atoms with Crippen molar-refractivity contribution in [2.45, 2.75) is 6.92 Å². The van der Waals surface area contributed by atoms with Crippen molar-refractivity contribution < 1.29 is 0 Å². The van der Waals surface area contributed by atoms with Crippen molar-refractivity contribution in [1.82, 2.24) is 10.2 Å². The van der Waals surface area contributed by atoms with Crippen molar-refractivity contribution in [3.63, 3.8) is 0 Å². The predicted molar refractivity (Wildman–Crippen MR) is 81.5 cm³/mol. The second-order valence-electron chi connectivity index (χ2n) is 4.30. The van der Waals surface area contributed by atoms with Crippen LogP contribution in [0.2, 0.25) is 5.02 Å².